The fourth-order valence-electron chi connectivity index (χ4n) is 1.68. The van der Waals surface area contributed by atoms with Crippen molar-refractivity contribution in [1.29, 1.82) is 0 Å². The van der Waals surface area contributed by atoms with Gasteiger partial charge in [0.25, 0.3) is 9.84 Å². The Labute approximate surface area is 120 Å². The van der Waals surface area contributed by atoms with Gasteiger partial charge >= 0.3 is 5.51 Å². The molecule has 0 saturated carbocycles. The van der Waals surface area contributed by atoms with E-state index in [0.29, 0.717) is 5.69 Å². The fourth-order valence-corrected chi connectivity index (χ4v) is 2.44. The molecule has 0 amide bonds. The smallest absolute Gasteiger partial charge is 0.389 e. The summed E-state index contributed by atoms with van der Waals surface area (Å²) in [5.74, 6) is 0. The van der Waals surface area contributed by atoms with Gasteiger partial charge in [-0.2, -0.15) is 13.2 Å². The van der Waals surface area contributed by atoms with Crippen LogP contribution in [0.3, 0.4) is 0 Å². The first kappa shape index (κ1) is 17.7. The van der Waals surface area contributed by atoms with Gasteiger partial charge in [0.05, 0.1) is 17.6 Å². The maximum atomic E-state index is 12.4. The summed E-state index contributed by atoms with van der Waals surface area (Å²) in [5, 5.41) is 9.56. The number of aliphatic hydroxyl groups is 1. The number of halogens is 3. The number of methoxy groups -OCH3 is 1. The van der Waals surface area contributed by atoms with Crippen molar-refractivity contribution >= 4 is 15.5 Å². The molecule has 9 heteroatoms. The van der Waals surface area contributed by atoms with Gasteiger partial charge in [-0.15, -0.1) is 0 Å². The molecule has 1 atom stereocenters. The SMILES string of the molecule is COCC(O)CN(C)c1ccc(S(=O)(=O)C(F)(F)F)cc1. The Kier molecular flexibility index (Phi) is 5.60. The maximum absolute atomic E-state index is 12.4. The van der Waals surface area contributed by atoms with Crippen LogP contribution in [0, 0.1) is 0 Å². The summed E-state index contributed by atoms with van der Waals surface area (Å²) in [4.78, 5) is 0.762. The molecule has 1 rings (SSSR count). The maximum Gasteiger partial charge on any atom is 0.501 e. The van der Waals surface area contributed by atoms with Crippen LogP contribution in [-0.2, 0) is 14.6 Å². The van der Waals surface area contributed by atoms with Crippen LogP contribution in [0.5, 0.6) is 0 Å². The van der Waals surface area contributed by atoms with E-state index < -0.39 is 26.3 Å². The molecule has 0 aliphatic carbocycles. The highest BCUT2D eigenvalue weighted by molar-refractivity contribution is 7.92. The van der Waals surface area contributed by atoms with Crippen molar-refractivity contribution in [2.75, 3.05) is 32.2 Å². The Bertz CT molecular complexity index is 557. The molecule has 0 aromatic heterocycles. The molecule has 0 heterocycles. The minimum Gasteiger partial charge on any atom is -0.389 e. The van der Waals surface area contributed by atoms with E-state index >= 15 is 0 Å². The third-order valence-electron chi connectivity index (χ3n) is 2.74. The Morgan fingerprint density at radius 3 is 2.24 bits per heavy atom. The second-order valence-corrected chi connectivity index (χ2v) is 6.37. The average Bonchev–Trinajstić information content (AvgIpc) is 2.37. The normalized spacial score (nSPS) is 14.0. The Morgan fingerprint density at radius 2 is 1.81 bits per heavy atom. The quantitative estimate of drug-likeness (QED) is 0.856. The molecule has 0 aliphatic rings. The number of alkyl halides is 3. The summed E-state index contributed by atoms with van der Waals surface area (Å²) in [6, 6.07) is 4.27. The minimum atomic E-state index is -5.34. The third kappa shape index (κ3) is 4.32. The van der Waals surface area contributed by atoms with Crippen LogP contribution in [0.4, 0.5) is 18.9 Å². The Morgan fingerprint density at radius 1 is 1.29 bits per heavy atom. The van der Waals surface area contributed by atoms with Crippen molar-refractivity contribution in [3.63, 3.8) is 0 Å². The Balaban J connectivity index is 2.88. The largest absolute Gasteiger partial charge is 0.501 e. The fraction of sp³-hybridized carbons (Fsp3) is 0.500. The molecule has 21 heavy (non-hydrogen) atoms. The zero-order valence-corrected chi connectivity index (χ0v) is 12.3. The van der Waals surface area contributed by atoms with Crippen LogP contribution in [0.1, 0.15) is 0 Å². The standard InChI is InChI=1S/C12H16F3NO4S/c1-16(7-10(17)8-20-2)9-3-5-11(6-4-9)21(18,19)12(13,14)15/h3-6,10,17H,7-8H2,1-2H3. The highest BCUT2D eigenvalue weighted by Gasteiger charge is 2.46. The summed E-state index contributed by atoms with van der Waals surface area (Å²) in [5.41, 5.74) is -4.85. The van der Waals surface area contributed by atoms with E-state index in [4.69, 9.17) is 4.74 Å². The lowest BCUT2D eigenvalue weighted by Gasteiger charge is -2.22. The number of ether oxygens (including phenoxy) is 1. The number of hydrogen-bond acceptors (Lipinski definition) is 5. The molecule has 0 radical (unpaired) electrons. The molecule has 5 nitrogen and oxygen atoms in total. The molecule has 0 saturated heterocycles. The molecular formula is C12H16F3NO4S. The lowest BCUT2D eigenvalue weighted by Crippen LogP contribution is -2.31. The number of nitrogens with zero attached hydrogens (tertiary/aromatic N) is 1. The van der Waals surface area contributed by atoms with Crippen molar-refractivity contribution in [2.45, 2.75) is 16.5 Å². The van der Waals surface area contributed by atoms with Crippen molar-refractivity contribution in [2.24, 2.45) is 0 Å². The number of hydrogen-bond donors (Lipinski definition) is 1. The van der Waals surface area contributed by atoms with E-state index in [2.05, 4.69) is 0 Å². The van der Waals surface area contributed by atoms with Crippen molar-refractivity contribution in [3.8, 4) is 0 Å². The lowest BCUT2D eigenvalue weighted by molar-refractivity contribution is -0.0436. The van der Waals surface area contributed by atoms with Gasteiger partial charge in [0.15, 0.2) is 0 Å². The van der Waals surface area contributed by atoms with Gasteiger partial charge in [0.1, 0.15) is 0 Å². The highest BCUT2D eigenvalue weighted by atomic mass is 32.2. The van der Waals surface area contributed by atoms with E-state index in [1.165, 1.54) is 19.2 Å². The molecule has 0 bridgehead atoms. The topological polar surface area (TPSA) is 66.8 Å². The zero-order chi connectivity index (χ0) is 16.3. The molecule has 1 unspecified atom stereocenters. The molecule has 1 aromatic rings. The first-order valence-corrected chi connectivity index (χ1v) is 7.37. The lowest BCUT2D eigenvalue weighted by atomic mass is 10.2. The first-order chi connectivity index (χ1) is 9.59. The van der Waals surface area contributed by atoms with Crippen LogP contribution in [0.2, 0.25) is 0 Å². The van der Waals surface area contributed by atoms with Crippen molar-refractivity contribution < 1.29 is 31.4 Å². The second kappa shape index (κ2) is 6.63. The summed E-state index contributed by atoms with van der Waals surface area (Å²) in [7, 11) is -2.29. The van der Waals surface area contributed by atoms with E-state index in [1.807, 2.05) is 0 Å². The summed E-state index contributed by atoms with van der Waals surface area (Å²) < 4.78 is 64.3. The van der Waals surface area contributed by atoms with Crippen molar-refractivity contribution in [3.05, 3.63) is 24.3 Å². The summed E-state index contributed by atoms with van der Waals surface area (Å²) >= 11 is 0. The van der Waals surface area contributed by atoms with Gasteiger partial charge in [-0.3, -0.25) is 0 Å². The van der Waals surface area contributed by atoms with Crippen LogP contribution in [-0.4, -0.2) is 52.4 Å². The highest BCUT2D eigenvalue weighted by Crippen LogP contribution is 2.31. The summed E-state index contributed by atoms with van der Waals surface area (Å²) in [6.07, 6.45) is -0.765. The second-order valence-electron chi connectivity index (χ2n) is 4.43. The average molecular weight is 327 g/mol. The molecular weight excluding hydrogens is 311 g/mol. The summed E-state index contributed by atoms with van der Waals surface area (Å²) in [6.45, 7) is 0.310. The number of aliphatic hydroxyl groups excluding tert-OH is 1. The van der Waals surface area contributed by atoms with Gasteiger partial charge in [-0.05, 0) is 24.3 Å². The number of benzene rings is 1. The molecule has 120 valence electrons. The molecule has 0 fully saturated rings. The number of likely N-dealkylation sites (N-methyl/N-ethyl adjacent to an activating group) is 1. The zero-order valence-electron chi connectivity index (χ0n) is 11.5. The predicted octanol–water partition coefficient (Wildman–Crippen LogP) is 1.42. The van der Waals surface area contributed by atoms with Gasteiger partial charge in [-0.1, -0.05) is 0 Å². The van der Waals surface area contributed by atoms with Crippen LogP contribution >= 0.6 is 0 Å². The van der Waals surface area contributed by atoms with E-state index in [1.54, 1.807) is 11.9 Å². The van der Waals surface area contributed by atoms with E-state index in [9.17, 15) is 26.7 Å². The monoisotopic (exact) mass is 327 g/mol. The predicted molar refractivity (Wildman–Crippen MR) is 70.8 cm³/mol. The number of sulfone groups is 1. The number of anilines is 1. The van der Waals surface area contributed by atoms with E-state index in [-0.39, 0.29) is 13.2 Å². The van der Waals surface area contributed by atoms with Crippen LogP contribution < -0.4 is 4.90 Å². The third-order valence-corrected chi connectivity index (χ3v) is 4.24. The number of rotatable bonds is 6. The van der Waals surface area contributed by atoms with Gasteiger partial charge in [0.2, 0.25) is 0 Å². The minimum absolute atomic E-state index is 0.116. The van der Waals surface area contributed by atoms with Gasteiger partial charge < -0.3 is 14.7 Å². The molecule has 0 aliphatic heterocycles. The molecule has 1 aromatic carbocycles. The molecule has 0 spiro atoms. The van der Waals surface area contributed by atoms with E-state index in [0.717, 1.165) is 12.1 Å². The van der Waals surface area contributed by atoms with Crippen molar-refractivity contribution in [1.82, 2.24) is 0 Å². The van der Waals surface area contributed by atoms with Gasteiger partial charge in [-0.25, -0.2) is 8.42 Å². The Hall–Kier alpha value is -1.32. The van der Waals surface area contributed by atoms with Gasteiger partial charge in [0, 0.05) is 26.4 Å². The molecule has 1 N–H and O–H groups in total. The first-order valence-electron chi connectivity index (χ1n) is 5.89. The van der Waals surface area contributed by atoms with Crippen LogP contribution in [0.25, 0.3) is 0 Å². The van der Waals surface area contributed by atoms with Crippen LogP contribution in [0.15, 0.2) is 29.2 Å².